The molecule has 0 N–H and O–H groups in total. The van der Waals surface area contributed by atoms with E-state index < -0.39 is 0 Å². The number of halogens is 1. The summed E-state index contributed by atoms with van der Waals surface area (Å²) in [6, 6.07) is 6.88. The molecule has 0 aliphatic heterocycles. The predicted molar refractivity (Wildman–Crippen MR) is 37.4 cm³/mol. The second-order valence-electron chi connectivity index (χ2n) is 2.16. The summed E-state index contributed by atoms with van der Waals surface area (Å²) in [5.41, 5.74) is 0.627. The van der Waals surface area contributed by atoms with Gasteiger partial charge in [0.25, 0.3) is 0 Å². The minimum atomic E-state index is -0.166. The molecule has 0 bridgehead atoms. The standard InChI is InChI=1S/C8H6FN/c9-7-4-6-10-5-2-1-3-8(7)10/h1-6H. The Morgan fingerprint density at radius 3 is 2.80 bits per heavy atom. The van der Waals surface area contributed by atoms with Crippen molar-refractivity contribution < 1.29 is 4.39 Å². The third-order valence-corrected chi connectivity index (χ3v) is 1.52. The predicted octanol–water partition coefficient (Wildman–Crippen LogP) is 2.08. The lowest BCUT2D eigenvalue weighted by Gasteiger charge is -1.89. The average molecular weight is 135 g/mol. The van der Waals surface area contributed by atoms with Gasteiger partial charge in [-0.1, -0.05) is 6.07 Å². The van der Waals surface area contributed by atoms with Gasteiger partial charge in [-0.25, -0.2) is 4.39 Å². The maximum atomic E-state index is 12.7. The van der Waals surface area contributed by atoms with Gasteiger partial charge in [0.15, 0.2) is 0 Å². The average Bonchev–Trinajstić information content (AvgIpc) is 2.34. The number of aromatic nitrogens is 1. The van der Waals surface area contributed by atoms with E-state index in [1.54, 1.807) is 16.7 Å². The van der Waals surface area contributed by atoms with Crippen LogP contribution in [0.15, 0.2) is 36.7 Å². The van der Waals surface area contributed by atoms with E-state index in [0.717, 1.165) is 0 Å². The molecule has 0 fully saturated rings. The third-order valence-electron chi connectivity index (χ3n) is 1.52. The van der Waals surface area contributed by atoms with Crippen LogP contribution in [0, 0.1) is 5.82 Å². The summed E-state index contributed by atoms with van der Waals surface area (Å²) in [4.78, 5) is 0. The normalized spacial score (nSPS) is 10.5. The topological polar surface area (TPSA) is 4.41 Å². The van der Waals surface area contributed by atoms with Gasteiger partial charge in [0.2, 0.25) is 0 Å². The smallest absolute Gasteiger partial charge is 0.148 e. The summed E-state index contributed by atoms with van der Waals surface area (Å²) in [6.45, 7) is 0. The minimum absolute atomic E-state index is 0.166. The number of nitrogens with zero attached hydrogens (tertiary/aromatic N) is 1. The fourth-order valence-electron chi connectivity index (χ4n) is 1.02. The zero-order valence-corrected chi connectivity index (χ0v) is 5.29. The summed E-state index contributed by atoms with van der Waals surface area (Å²) < 4.78 is 14.5. The van der Waals surface area contributed by atoms with E-state index in [1.807, 2.05) is 18.3 Å². The quantitative estimate of drug-likeness (QED) is 0.521. The first-order valence-corrected chi connectivity index (χ1v) is 3.09. The highest BCUT2D eigenvalue weighted by molar-refractivity contribution is 5.48. The molecule has 0 unspecified atom stereocenters. The molecular formula is C8H6FN. The highest BCUT2D eigenvalue weighted by Gasteiger charge is 1.96. The Bertz CT molecular complexity index is 351. The van der Waals surface area contributed by atoms with Gasteiger partial charge in [0.05, 0.1) is 5.52 Å². The van der Waals surface area contributed by atoms with Crippen LogP contribution >= 0.6 is 0 Å². The summed E-state index contributed by atoms with van der Waals surface area (Å²) in [5.74, 6) is -0.166. The molecule has 2 rings (SSSR count). The van der Waals surface area contributed by atoms with Crippen molar-refractivity contribution in [3.63, 3.8) is 0 Å². The molecule has 0 radical (unpaired) electrons. The van der Waals surface area contributed by atoms with Crippen LogP contribution in [-0.2, 0) is 0 Å². The van der Waals surface area contributed by atoms with Gasteiger partial charge in [0, 0.05) is 12.4 Å². The van der Waals surface area contributed by atoms with Gasteiger partial charge < -0.3 is 4.40 Å². The third kappa shape index (κ3) is 0.620. The van der Waals surface area contributed by atoms with E-state index in [9.17, 15) is 4.39 Å². The summed E-state index contributed by atoms with van der Waals surface area (Å²) >= 11 is 0. The summed E-state index contributed by atoms with van der Waals surface area (Å²) in [7, 11) is 0. The van der Waals surface area contributed by atoms with E-state index in [-0.39, 0.29) is 5.82 Å². The fraction of sp³-hybridized carbons (Fsp3) is 0. The number of rotatable bonds is 0. The van der Waals surface area contributed by atoms with Crippen molar-refractivity contribution in [1.29, 1.82) is 0 Å². The zero-order chi connectivity index (χ0) is 6.97. The number of hydrogen-bond donors (Lipinski definition) is 0. The second-order valence-corrected chi connectivity index (χ2v) is 2.16. The Kier molecular flexibility index (Phi) is 1.01. The molecule has 0 atom stereocenters. The van der Waals surface area contributed by atoms with Crippen molar-refractivity contribution in [3.8, 4) is 0 Å². The van der Waals surface area contributed by atoms with Crippen molar-refractivity contribution >= 4 is 5.52 Å². The molecule has 2 heterocycles. The van der Waals surface area contributed by atoms with Crippen LogP contribution < -0.4 is 0 Å². The minimum Gasteiger partial charge on any atom is -0.321 e. The number of pyridine rings is 1. The van der Waals surface area contributed by atoms with E-state index >= 15 is 0 Å². The van der Waals surface area contributed by atoms with Crippen LogP contribution in [0.25, 0.3) is 5.52 Å². The molecule has 2 aromatic heterocycles. The number of hydrogen-bond acceptors (Lipinski definition) is 0. The first kappa shape index (κ1) is 5.47. The van der Waals surface area contributed by atoms with Crippen molar-refractivity contribution in [2.24, 2.45) is 0 Å². The Hall–Kier alpha value is -1.31. The van der Waals surface area contributed by atoms with Crippen LogP contribution in [0.2, 0.25) is 0 Å². The highest BCUT2D eigenvalue weighted by atomic mass is 19.1. The maximum Gasteiger partial charge on any atom is 0.148 e. The lowest BCUT2D eigenvalue weighted by atomic mass is 10.4. The van der Waals surface area contributed by atoms with Crippen LogP contribution in [0.4, 0.5) is 4.39 Å². The Morgan fingerprint density at radius 2 is 2.00 bits per heavy atom. The van der Waals surface area contributed by atoms with Gasteiger partial charge in [-0.3, -0.25) is 0 Å². The number of fused-ring (bicyclic) bond motifs is 1. The summed E-state index contributed by atoms with van der Waals surface area (Å²) in [5, 5.41) is 0. The van der Waals surface area contributed by atoms with Gasteiger partial charge in [-0.05, 0) is 18.2 Å². The van der Waals surface area contributed by atoms with E-state index in [0.29, 0.717) is 5.52 Å². The SMILES string of the molecule is Fc1ccn2ccccc12. The van der Waals surface area contributed by atoms with Gasteiger partial charge >= 0.3 is 0 Å². The molecule has 0 spiro atoms. The maximum absolute atomic E-state index is 12.7. The zero-order valence-electron chi connectivity index (χ0n) is 5.29. The fourth-order valence-corrected chi connectivity index (χ4v) is 1.02. The van der Waals surface area contributed by atoms with E-state index in [4.69, 9.17) is 0 Å². The van der Waals surface area contributed by atoms with Gasteiger partial charge in [-0.2, -0.15) is 0 Å². The second kappa shape index (κ2) is 1.84. The van der Waals surface area contributed by atoms with Crippen LogP contribution in [0.1, 0.15) is 0 Å². The van der Waals surface area contributed by atoms with Crippen LogP contribution in [0.5, 0.6) is 0 Å². The van der Waals surface area contributed by atoms with E-state index in [1.165, 1.54) is 6.07 Å². The summed E-state index contributed by atoms with van der Waals surface area (Å²) in [6.07, 6.45) is 3.52. The first-order valence-electron chi connectivity index (χ1n) is 3.09. The first-order chi connectivity index (χ1) is 4.88. The van der Waals surface area contributed by atoms with Crippen molar-refractivity contribution in [3.05, 3.63) is 42.5 Å². The lowest BCUT2D eigenvalue weighted by molar-refractivity contribution is 0.640. The molecule has 10 heavy (non-hydrogen) atoms. The molecule has 0 saturated heterocycles. The molecule has 0 saturated carbocycles. The molecule has 1 nitrogen and oxygen atoms in total. The molecule has 2 aromatic rings. The van der Waals surface area contributed by atoms with Crippen molar-refractivity contribution in [2.45, 2.75) is 0 Å². The van der Waals surface area contributed by atoms with Gasteiger partial charge in [0.1, 0.15) is 5.82 Å². The highest BCUT2D eigenvalue weighted by Crippen LogP contribution is 2.08. The van der Waals surface area contributed by atoms with Crippen LogP contribution in [0.3, 0.4) is 0 Å². The van der Waals surface area contributed by atoms with Crippen molar-refractivity contribution in [2.75, 3.05) is 0 Å². The lowest BCUT2D eigenvalue weighted by Crippen LogP contribution is -1.78. The molecule has 2 heteroatoms. The monoisotopic (exact) mass is 135 g/mol. The molecular weight excluding hydrogens is 129 g/mol. The van der Waals surface area contributed by atoms with Crippen LogP contribution in [-0.4, -0.2) is 4.40 Å². The molecule has 50 valence electrons. The Balaban J connectivity index is 2.93. The Labute approximate surface area is 57.7 Å². The van der Waals surface area contributed by atoms with Gasteiger partial charge in [-0.15, -0.1) is 0 Å². The van der Waals surface area contributed by atoms with E-state index in [2.05, 4.69) is 0 Å². The molecule has 0 aromatic carbocycles. The molecule has 0 amide bonds. The molecule has 0 aliphatic carbocycles. The largest absolute Gasteiger partial charge is 0.321 e. The molecule has 0 aliphatic rings. The Morgan fingerprint density at radius 1 is 1.10 bits per heavy atom. The van der Waals surface area contributed by atoms with Crippen molar-refractivity contribution in [1.82, 2.24) is 4.40 Å².